The molecule has 2 aromatic rings. The first-order chi connectivity index (χ1) is 15.1. The second-order valence-corrected chi connectivity index (χ2v) is 8.12. The Hall–Kier alpha value is -1.52. The highest BCUT2D eigenvalue weighted by molar-refractivity contribution is 14.0. The minimum absolute atomic E-state index is 0. The lowest BCUT2D eigenvalue weighted by Crippen LogP contribution is -2.40. The fourth-order valence-electron chi connectivity index (χ4n) is 3.97. The van der Waals surface area contributed by atoms with Crippen molar-refractivity contribution in [1.82, 2.24) is 15.5 Å². The number of aliphatic imine (C=N–C) groups is 1. The van der Waals surface area contributed by atoms with E-state index in [0.717, 1.165) is 67.8 Å². The Bertz CT molecular complexity index is 834. The maximum absolute atomic E-state index is 6.14. The number of likely N-dealkylation sites (tertiary alicyclic amines) is 1. The fraction of sp³-hybridized carbons (Fsp3) is 0.625. The van der Waals surface area contributed by atoms with Gasteiger partial charge in [0.25, 0.3) is 0 Å². The van der Waals surface area contributed by atoms with E-state index < -0.39 is 0 Å². The number of hydrogen-bond acceptors (Lipinski definition) is 5. The molecule has 180 valence electrons. The van der Waals surface area contributed by atoms with Gasteiger partial charge in [-0.1, -0.05) is 12.1 Å². The summed E-state index contributed by atoms with van der Waals surface area (Å²) in [6.45, 7) is 12.5. The Morgan fingerprint density at radius 3 is 2.75 bits per heavy atom. The lowest BCUT2D eigenvalue weighted by atomic mass is 9.97. The van der Waals surface area contributed by atoms with Crippen LogP contribution in [0.3, 0.4) is 0 Å². The molecule has 1 atom stereocenters. The molecule has 3 rings (SSSR count). The monoisotopic (exact) mass is 558 g/mol. The summed E-state index contributed by atoms with van der Waals surface area (Å²) in [6, 6.07) is 8.07. The predicted molar refractivity (Wildman–Crippen MR) is 141 cm³/mol. The van der Waals surface area contributed by atoms with E-state index in [2.05, 4.69) is 41.5 Å². The number of methoxy groups -OCH3 is 1. The molecule has 2 N–H and O–H groups in total. The van der Waals surface area contributed by atoms with E-state index in [-0.39, 0.29) is 30.0 Å². The Morgan fingerprint density at radius 1 is 1.28 bits per heavy atom. The zero-order valence-corrected chi connectivity index (χ0v) is 22.2. The molecule has 0 amide bonds. The molecule has 1 fully saturated rings. The average molecular weight is 559 g/mol. The van der Waals surface area contributed by atoms with Gasteiger partial charge in [0.2, 0.25) is 0 Å². The summed E-state index contributed by atoms with van der Waals surface area (Å²) in [4.78, 5) is 7.36. The van der Waals surface area contributed by atoms with Gasteiger partial charge in [0, 0.05) is 32.1 Å². The lowest BCUT2D eigenvalue weighted by molar-refractivity contribution is 0.121. The second-order valence-electron chi connectivity index (χ2n) is 8.12. The van der Waals surface area contributed by atoms with Crippen molar-refractivity contribution in [3.8, 4) is 5.75 Å². The molecule has 0 aliphatic carbocycles. The number of rotatable bonds is 10. The third-order valence-electron chi connectivity index (χ3n) is 5.78. The maximum Gasteiger partial charge on any atom is 0.191 e. The van der Waals surface area contributed by atoms with Crippen LogP contribution >= 0.6 is 24.0 Å². The van der Waals surface area contributed by atoms with Crippen LogP contribution in [-0.2, 0) is 4.74 Å². The molecule has 8 heteroatoms. The van der Waals surface area contributed by atoms with Crippen molar-refractivity contribution in [3.05, 3.63) is 30.0 Å². The molecular weight excluding hydrogens is 519 g/mol. The van der Waals surface area contributed by atoms with Gasteiger partial charge < -0.3 is 29.4 Å². The van der Waals surface area contributed by atoms with Gasteiger partial charge in [-0.05, 0) is 64.8 Å². The van der Waals surface area contributed by atoms with Crippen molar-refractivity contribution in [3.63, 3.8) is 0 Å². The highest BCUT2D eigenvalue weighted by atomic mass is 127. The zero-order chi connectivity index (χ0) is 22.1. The third kappa shape index (κ3) is 7.52. The number of fused-ring (bicyclic) bond motifs is 1. The molecule has 1 unspecified atom stereocenters. The van der Waals surface area contributed by atoms with Crippen molar-refractivity contribution >= 4 is 40.9 Å². The molecule has 0 radical (unpaired) electrons. The van der Waals surface area contributed by atoms with E-state index >= 15 is 0 Å². The summed E-state index contributed by atoms with van der Waals surface area (Å²) < 4.78 is 17.0. The molecule has 1 aliphatic heterocycles. The number of para-hydroxylation sites is 1. The third-order valence-corrected chi connectivity index (χ3v) is 5.78. The fourth-order valence-corrected chi connectivity index (χ4v) is 3.97. The summed E-state index contributed by atoms with van der Waals surface area (Å²) in [5.41, 5.74) is 0.801. The SMILES string of the molecule is CCNC(=NCC1CCN(CCOC)CC1)NC(C)c1cc2cccc(OCC)c2o1.I. The normalized spacial score (nSPS) is 16.6. The number of ether oxygens (including phenoxy) is 2. The Morgan fingerprint density at radius 2 is 2.06 bits per heavy atom. The minimum atomic E-state index is -0.00410. The maximum atomic E-state index is 6.14. The van der Waals surface area contributed by atoms with Gasteiger partial charge in [-0.3, -0.25) is 4.99 Å². The van der Waals surface area contributed by atoms with Crippen LogP contribution in [0.2, 0.25) is 0 Å². The number of benzene rings is 1. The Kier molecular flexibility index (Phi) is 11.6. The molecule has 0 saturated carbocycles. The molecule has 1 saturated heterocycles. The standard InChI is InChI=1S/C24H38N4O3.HI/c1-5-25-24(26-17-19-10-12-28(13-11-19)14-15-29-4)27-18(3)22-16-20-8-7-9-21(30-6-2)23(20)31-22;/h7-9,16,18-19H,5-6,10-15,17H2,1-4H3,(H2,25,26,27);1H. The number of nitrogens with one attached hydrogen (secondary N) is 2. The van der Waals surface area contributed by atoms with E-state index in [4.69, 9.17) is 18.9 Å². The first-order valence-corrected chi connectivity index (χ1v) is 11.6. The molecule has 1 aromatic carbocycles. The number of halogens is 1. The number of piperidine rings is 1. The van der Waals surface area contributed by atoms with Gasteiger partial charge in [-0.2, -0.15) is 0 Å². The van der Waals surface area contributed by atoms with Crippen LogP contribution in [-0.4, -0.2) is 63.9 Å². The first-order valence-electron chi connectivity index (χ1n) is 11.6. The quantitative estimate of drug-likeness (QED) is 0.256. The van der Waals surface area contributed by atoms with Crippen LogP contribution in [0, 0.1) is 5.92 Å². The number of nitrogens with zero attached hydrogens (tertiary/aromatic N) is 2. The molecular formula is C24H39IN4O3. The van der Waals surface area contributed by atoms with Gasteiger partial charge in [-0.15, -0.1) is 24.0 Å². The minimum Gasteiger partial charge on any atom is -0.490 e. The van der Waals surface area contributed by atoms with Crippen LogP contribution in [0.5, 0.6) is 5.75 Å². The summed E-state index contributed by atoms with van der Waals surface area (Å²) in [5.74, 6) is 3.13. The van der Waals surface area contributed by atoms with E-state index in [1.165, 1.54) is 12.8 Å². The van der Waals surface area contributed by atoms with E-state index in [1.54, 1.807) is 7.11 Å². The van der Waals surface area contributed by atoms with Crippen LogP contribution in [0.25, 0.3) is 11.0 Å². The molecule has 1 aliphatic rings. The van der Waals surface area contributed by atoms with Crippen LogP contribution in [0.15, 0.2) is 33.7 Å². The molecule has 0 bridgehead atoms. The average Bonchev–Trinajstić information content (AvgIpc) is 3.23. The number of hydrogen-bond donors (Lipinski definition) is 2. The largest absolute Gasteiger partial charge is 0.490 e. The highest BCUT2D eigenvalue weighted by Gasteiger charge is 2.19. The predicted octanol–water partition coefficient (Wildman–Crippen LogP) is 4.42. The molecule has 0 spiro atoms. The summed E-state index contributed by atoms with van der Waals surface area (Å²) in [6.07, 6.45) is 2.37. The number of furan rings is 1. The zero-order valence-electron chi connectivity index (χ0n) is 19.9. The molecule has 32 heavy (non-hydrogen) atoms. The van der Waals surface area contributed by atoms with Crippen molar-refractivity contribution in [2.24, 2.45) is 10.9 Å². The van der Waals surface area contributed by atoms with Gasteiger partial charge in [0.15, 0.2) is 17.3 Å². The van der Waals surface area contributed by atoms with Crippen molar-refractivity contribution in [2.45, 2.75) is 39.7 Å². The molecule has 7 nitrogen and oxygen atoms in total. The Balaban J connectivity index is 0.00000363. The molecule has 2 heterocycles. The van der Waals surface area contributed by atoms with Crippen LogP contribution in [0.4, 0.5) is 0 Å². The molecule has 1 aromatic heterocycles. The van der Waals surface area contributed by atoms with Gasteiger partial charge in [0.05, 0.1) is 19.3 Å². The first kappa shape index (κ1) is 26.7. The van der Waals surface area contributed by atoms with Crippen molar-refractivity contribution < 1.29 is 13.9 Å². The van der Waals surface area contributed by atoms with Crippen LogP contribution < -0.4 is 15.4 Å². The van der Waals surface area contributed by atoms with Gasteiger partial charge in [-0.25, -0.2) is 0 Å². The van der Waals surface area contributed by atoms with Crippen LogP contribution in [0.1, 0.15) is 45.4 Å². The van der Waals surface area contributed by atoms with Gasteiger partial charge in [0.1, 0.15) is 5.76 Å². The van der Waals surface area contributed by atoms with Crippen molar-refractivity contribution in [1.29, 1.82) is 0 Å². The summed E-state index contributed by atoms with van der Waals surface area (Å²) in [7, 11) is 1.76. The van der Waals surface area contributed by atoms with Crippen molar-refractivity contribution in [2.75, 3.05) is 53.0 Å². The van der Waals surface area contributed by atoms with E-state index in [0.29, 0.717) is 12.5 Å². The highest BCUT2D eigenvalue weighted by Crippen LogP contribution is 2.31. The summed E-state index contributed by atoms with van der Waals surface area (Å²) in [5, 5.41) is 7.92. The smallest absolute Gasteiger partial charge is 0.191 e. The number of guanidine groups is 1. The van der Waals surface area contributed by atoms with E-state index in [9.17, 15) is 0 Å². The van der Waals surface area contributed by atoms with E-state index in [1.807, 2.05) is 19.1 Å². The Labute approximate surface area is 209 Å². The topological polar surface area (TPSA) is 71.3 Å². The lowest BCUT2D eigenvalue weighted by Gasteiger charge is -2.31. The van der Waals surface area contributed by atoms with Gasteiger partial charge >= 0.3 is 0 Å². The second kappa shape index (κ2) is 13.9. The summed E-state index contributed by atoms with van der Waals surface area (Å²) >= 11 is 0.